The number of carbonyl (C=O) groups is 1. The number of halogens is 1. The molecule has 2 atom stereocenters. The van der Waals surface area contributed by atoms with Gasteiger partial charge >= 0.3 is 0 Å². The average molecular weight is 264 g/mol. The molecular weight excluding hydrogens is 246 g/mol. The quantitative estimate of drug-likeness (QED) is 0.642. The summed E-state index contributed by atoms with van der Waals surface area (Å²) in [6.07, 6.45) is 8.13. The summed E-state index contributed by atoms with van der Waals surface area (Å²) in [6.45, 7) is 0. The smallest absolute Gasteiger partial charge is 0.251 e. The van der Waals surface area contributed by atoms with Crippen LogP contribution in [0.4, 0.5) is 0 Å². The molecule has 96 valence electrons. The summed E-state index contributed by atoms with van der Waals surface area (Å²) >= 11 is 6.34. The molecule has 0 radical (unpaired) electrons. The maximum Gasteiger partial charge on any atom is 0.251 e. The van der Waals surface area contributed by atoms with Crippen LogP contribution in [-0.2, 0) is 0 Å². The van der Waals surface area contributed by atoms with E-state index in [9.17, 15) is 4.79 Å². The van der Waals surface area contributed by atoms with Crippen LogP contribution in [0.15, 0.2) is 42.5 Å². The Morgan fingerprint density at radius 3 is 2.50 bits per heavy atom. The van der Waals surface area contributed by atoms with Crippen molar-refractivity contribution < 1.29 is 4.79 Å². The van der Waals surface area contributed by atoms with Gasteiger partial charge in [-0.2, -0.15) is 0 Å². The van der Waals surface area contributed by atoms with Gasteiger partial charge in [-0.3, -0.25) is 4.79 Å². The largest absolute Gasteiger partial charge is 0.348 e. The van der Waals surface area contributed by atoms with E-state index in [1.54, 1.807) is 0 Å². The molecule has 1 aromatic carbocycles. The molecule has 0 spiro atoms. The molecule has 0 aliphatic heterocycles. The minimum Gasteiger partial charge on any atom is -0.348 e. The zero-order valence-electron chi connectivity index (χ0n) is 10.3. The first-order chi connectivity index (χ1) is 8.77. The van der Waals surface area contributed by atoms with E-state index in [2.05, 4.69) is 17.5 Å². The van der Waals surface area contributed by atoms with Crippen molar-refractivity contribution in [3.8, 4) is 0 Å². The molecule has 2 nitrogen and oxygen atoms in total. The molecule has 0 aromatic heterocycles. The van der Waals surface area contributed by atoms with Crippen LogP contribution >= 0.6 is 11.6 Å². The van der Waals surface area contributed by atoms with E-state index in [1.165, 1.54) is 0 Å². The fourth-order valence-corrected chi connectivity index (χ4v) is 2.47. The van der Waals surface area contributed by atoms with E-state index in [0.29, 0.717) is 5.56 Å². The Kier molecular flexibility index (Phi) is 4.82. The summed E-state index contributed by atoms with van der Waals surface area (Å²) in [5.41, 5.74) is 0.693. The van der Waals surface area contributed by atoms with Crippen LogP contribution in [0.1, 0.15) is 36.0 Å². The van der Waals surface area contributed by atoms with Gasteiger partial charge in [0, 0.05) is 11.6 Å². The molecule has 0 bridgehead atoms. The van der Waals surface area contributed by atoms with Crippen molar-refractivity contribution >= 4 is 17.5 Å². The molecule has 0 fully saturated rings. The van der Waals surface area contributed by atoms with Gasteiger partial charge in [0.25, 0.3) is 5.91 Å². The Bertz CT molecular complexity index is 416. The fourth-order valence-electron chi connectivity index (χ4n) is 2.15. The number of hydrogen-bond acceptors (Lipinski definition) is 1. The number of hydrogen-bond donors (Lipinski definition) is 1. The first-order valence-corrected chi connectivity index (χ1v) is 6.86. The van der Waals surface area contributed by atoms with E-state index in [1.807, 2.05) is 30.3 Å². The lowest BCUT2D eigenvalue weighted by atomic mass is 10.00. The van der Waals surface area contributed by atoms with Gasteiger partial charge < -0.3 is 5.32 Å². The van der Waals surface area contributed by atoms with Crippen LogP contribution in [0, 0.1) is 0 Å². The third-order valence-electron chi connectivity index (χ3n) is 3.21. The Morgan fingerprint density at radius 2 is 1.78 bits per heavy atom. The number of carbonyl (C=O) groups excluding carboxylic acids is 1. The van der Waals surface area contributed by atoms with Gasteiger partial charge in [-0.1, -0.05) is 30.4 Å². The standard InChI is InChI=1S/C15H18ClNO/c16-13-10-6-1-2-7-11-14(13)17-15(18)12-8-4-3-5-9-12/h1-5,8-9,13-14H,6-7,10-11H2,(H,17,18)/b2-1-/t13-,14-/m0/s1. The van der Waals surface area contributed by atoms with Crippen LogP contribution in [0.5, 0.6) is 0 Å². The summed E-state index contributed by atoms with van der Waals surface area (Å²) in [5, 5.41) is 3.06. The molecule has 3 heteroatoms. The fraction of sp³-hybridized carbons (Fsp3) is 0.400. The number of allylic oxidation sites excluding steroid dienone is 2. The Labute approximate surface area is 113 Å². The van der Waals surface area contributed by atoms with Crippen LogP contribution in [0.3, 0.4) is 0 Å². The van der Waals surface area contributed by atoms with E-state index in [0.717, 1.165) is 25.7 Å². The predicted molar refractivity (Wildman–Crippen MR) is 74.9 cm³/mol. The summed E-state index contributed by atoms with van der Waals surface area (Å²) in [4.78, 5) is 12.1. The third-order valence-corrected chi connectivity index (χ3v) is 3.73. The highest BCUT2D eigenvalue weighted by molar-refractivity contribution is 6.21. The lowest BCUT2D eigenvalue weighted by Crippen LogP contribution is -2.41. The van der Waals surface area contributed by atoms with Gasteiger partial charge in [-0.05, 0) is 37.8 Å². The second-order valence-corrected chi connectivity index (χ2v) is 5.15. The molecule has 0 saturated carbocycles. The second-order valence-electron chi connectivity index (χ2n) is 4.59. The summed E-state index contributed by atoms with van der Waals surface area (Å²) in [5.74, 6) is -0.0317. The van der Waals surface area contributed by atoms with Gasteiger partial charge in [-0.15, -0.1) is 11.6 Å². The highest BCUT2D eigenvalue weighted by Gasteiger charge is 2.21. The Morgan fingerprint density at radius 1 is 1.11 bits per heavy atom. The number of nitrogens with one attached hydrogen (secondary N) is 1. The molecule has 2 rings (SSSR count). The maximum atomic E-state index is 12.1. The molecule has 0 saturated heterocycles. The topological polar surface area (TPSA) is 29.1 Å². The van der Waals surface area contributed by atoms with E-state index < -0.39 is 0 Å². The van der Waals surface area contributed by atoms with Gasteiger partial charge in [-0.25, -0.2) is 0 Å². The Hall–Kier alpha value is -1.28. The highest BCUT2D eigenvalue weighted by Crippen LogP contribution is 2.18. The number of alkyl halides is 1. The van der Waals surface area contributed by atoms with Crippen molar-refractivity contribution in [2.45, 2.75) is 37.1 Å². The van der Waals surface area contributed by atoms with Crippen LogP contribution in [-0.4, -0.2) is 17.3 Å². The number of rotatable bonds is 2. The average Bonchev–Trinajstić information content (AvgIpc) is 2.39. The first kappa shape index (κ1) is 13.2. The van der Waals surface area contributed by atoms with Gasteiger partial charge in [0.15, 0.2) is 0 Å². The zero-order valence-corrected chi connectivity index (χ0v) is 11.1. The molecule has 1 aromatic rings. The van der Waals surface area contributed by atoms with E-state index in [4.69, 9.17) is 11.6 Å². The lowest BCUT2D eigenvalue weighted by Gasteiger charge is -2.24. The summed E-state index contributed by atoms with van der Waals surface area (Å²) in [7, 11) is 0. The molecule has 0 heterocycles. The van der Waals surface area contributed by atoms with Crippen molar-refractivity contribution in [2.75, 3.05) is 0 Å². The van der Waals surface area contributed by atoms with Crippen molar-refractivity contribution in [2.24, 2.45) is 0 Å². The zero-order chi connectivity index (χ0) is 12.8. The predicted octanol–water partition coefficient (Wildman–Crippen LogP) is 3.52. The van der Waals surface area contributed by atoms with Crippen molar-refractivity contribution in [1.82, 2.24) is 5.32 Å². The SMILES string of the molecule is O=C(N[C@H]1CC/C=C\CC[C@@H]1Cl)c1ccccc1. The van der Waals surface area contributed by atoms with Crippen molar-refractivity contribution in [3.05, 3.63) is 48.0 Å². The van der Waals surface area contributed by atoms with Crippen LogP contribution < -0.4 is 5.32 Å². The van der Waals surface area contributed by atoms with Crippen molar-refractivity contribution in [1.29, 1.82) is 0 Å². The summed E-state index contributed by atoms with van der Waals surface area (Å²) < 4.78 is 0. The van der Waals surface area contributed by atoms with Gasteiger partial charge in [0.05, 0.1) is 5.38 Å². The van der Waals surface area contributed by atoms with Crippen molar-refractivity contribution in [3.63, 3.8) is 0 Å². The van der Waals surface area contributed by atoms with E-state index >= 15 is 0 Å². The number of benzene rings is 1. The second kappa shape index (κ2) is 6.60. The molecule has 1 aliphatic carbocycles. The Balaban J connectivity index is 1.99. The normalized spacial score (nSPS) is 25.8. The first-order valence-electron chi connectivity index (χ1n) is 6.42. The molecule has 1 amide bonds. The monoisotopic (exact) mass is 263 g/mol. The molecule has 18 heavy (non-hydrogen) atoms. The minimum absolute atomic E-state index is 0.0163. The highest BCUT2D eigenvalue weighted by atomic mass is 35.5. The molecular formula is C15H18ClNO. The molecule has 1 aliphatic rings. The van der Waals surface area contributed by atoms with Gasteiger partial charge in [0.1, 0.15) is 0 Å². The van der Waals surface area contributed by atoms with Crippen LogP contribution in [0.2, 0.25) is 0 Å². The minimum atomic E-state index is -0.0317. The molecule has 0 unspecified atom stereocenters. The van der Waals surface area contributed by atoms with Gasteiger partial charge in [0.2, 0.25) is 0 Å². The summed E-state index contributed by atoms with van der Waals surface area (Å²) in [6, 6.07) is 9.34. The molecule has 1 N–H and O–H groups in total. The maximum absolute atomic E-state index is 12.1. The lowest BCUT2D eigenvalue weighted by molar-refractivity contribution is 0.0933. The van der Waals surface area contributed by atoms with E-state index in [-0.39, 0.29) is 17.3 Å². The third kappa shape index (κ3) is 3.61. The number of amides is 1. The van der Waals surface area contributed by atoms with Crippen LogP contribution in [0.25, 0.3) is 0 Å².